The first-order valence-corrected chi connectivity index (χ1v) is 6.74. The van der Waals surface area contributed by atoms with E-state index in [0.29, 0.717) is 12.8 Å². The largest absolute Gasteiger partial charge is 0.381 e. The molecule has 0 aromatic carbocycles. The molecule has 0 unspecified atom stereocenters. The number of nitrogens with zero attached hydrogens (tertiary/aromatic N) is 2. The van der Waals surface area contributed by atoms with Crippen LogP contribution in [0.5, 0.6) is 0 Å². The minimum Gasteiger partial charge on any atom is -0.381 e. The van der Waals surface area contributed by atoms with Crippen LogP contribution in [-0.2, 0) is 21.8 Å². The van der Waals surface area contributed by atoms with Gasteiger partial charge in [-0.05, 0) is 12.8 Å². The summed E-state index contributed by atoms with van der Waals surface area (Å²) in [5, 5.41) is 0.0124. The van der Waals surface area contributed by atoms with Gasteiger partial charge in [0.15, 0.2) is 10.8 Å². The second-order valence-electron chi connectivity index (χ2n) is 4.19. The number of aromatic nitrogens is 2. The van der Waals surface area contributed by atoms with Gasteiger partial charge in [-0.3, -0.25) is 0 Å². The highest BCUT2D eigenvalue weighted by Crippen LogP contribution is 2.25. The van der Waals surface area contributed by atoms with E-state index in [2.05, 4.69) is 9.71 Å². The van der Waals surface area contributed by atoms with Crippen LogP contribution in [-0.4, -0.2) is 37.2 Å². The number of aryl methyl sites for hydroxylation is 1. The molecular formula is C9H16N4O3S. The molecule has 0 bridgehead atoms. The standard InChI is InChI=1S/C9H16N4O3S/c1-13-5-11-8(10)9(13)17(14,15)12-6-3-7(4-6)16-2/h5-7,12H,3-4,10H2,1-2H3. The molecule has 8 heteroatoms. The number of anilines is 1. The van der Waals surface area contributed by atoms with Crippen LogP contribution in [0.25, 0.3) is 0 Å². The van der Waals surface area contributed by atoms with E-state index in [1.165, 1.54) is 10.9 Å². The van der Waals surface area contributed by atoms with Gasteiger partial charge in [-0.15, -0.1) is 0 Å². The van der Waals surface area contributed by atoms with Crippen LogP contribution in [0, 0.1) is 0 Å². The zero-order valence-corrected chi connectivity index (χ0v) is 10.6. The molecule has 1 aromatic heterocycles. The van der Waals surface area contributed by atoms with Gasteiger partial charge in [-0.25, -0.2) is 18.1 Å². The molecule has 1 saturated carbocycles. The monoisotopic (exact) mass is 260 g/mol. The summed E-state index contributed by atoms with van der Waals surface area (Å²) in [6.07, 6.45) is 2.90. The van der Waals surface area contributed by atoms with Crippen LogP contribution >= 0.6 is 0 Å². The van der Waals surface area contributed by atoms with Crippen molar-refractivity contribution in [2.45, 2.75) is 30.0 Å². The highest BCUT2D eigenvalue weighted by atomic mass is 32.2. The predicted molar refractivity (Wildman–Crippen MR) is 61.8 cm³/mol. The lowest BCUT2D eigenvalue weighted by Gasteiger charge is -2.34. The quantitative estimate of drug-likeness (QED) is 0.757. The summed E-state index contributed by atoms with van der Waals surface area (Å²) in [5.41, 5.74) is 5.54. The van der Waals surface area contributed by atoms with Crippen molar-refractivity contribution in [3.05, 3.63) is 6.33 Å². The third kappa shape index (κ3) is 2.28. The highest BCUT2D eigenvalue weighted by molar-refractivity contribution is 7.89. The van der Waals surface area contributed by atoms with E-state index in [-0.39, 0.29) is 23.0 Å². The molecule has 2 rings (SSSR count). The van der Waals surface area contributed by atoms with Crippen molar-refractivity contribution >= 4 is 15.8 Å². The molecule has 0 aliphatic heterocycles. The summed E-state index contributed by atoms with van der Waals surface area (Å²) in [6, 6.07) is -0.0840. The molecule has 7 nitrogen and oxygen atoms in total. The number of nitrogens with two attached hydrogens (primary N) is 1. The van der Waals surface area contributed by atoms with Gasteiger partial charge >= 0.3 is 0 Å². The third-order valence-electron chi connectivity index (χ3n) is 2.91. The van der Waals surface area contributed by atoms with Crippen molar-refractivity contribution in [3.63, 3.8) is 0 Å². The molecule has 1 heterocycles. The van der Waals surface area contributed by atoms with Crippen LogP contribution in [0.4, 0.5) is 5.82 Å². The van der Waals surface area contributed by atoms with Crippen molar-refractivity contribution in [2.24, 2.45) is 7.05 Å². The minimum atomic E-state index is -3.60. The van der Waals surface area contributed by atoms with E-state index < -0.39 is 10.0 Å². The zero-order chi connectivity index (χ0) is 12.6. The number of imidazole rings is 1. The average Bonchev–Trinajstić information content (AvgIpc) is 2.52. The second-order valence-corrected chi connectivity index (χ2v) is 5.82. The Morgan fingerprint density at radius 3 is 2.71 bits per heavy atom. The maximum Gasteiger partial charge on any atom is 0.260 e. The molecule has 1 fully saturated rings. The molecular weight excluding hydrogens is 244 g/mol. The van der Waals surface area contributed by atoms with Crippen molar-refractivity contribution in [2.75, 3.05) is 12.8 Å². The Kier molecular flexibility index (Phi) is 3.11. The molecule has 17 heavy (non-hydrogen) atoms. The summed E-state index contributed by atoms with van der Waals surface area (Å²) in [7, 11) is -0.387. The normalized spacial score (nSPS) is 24.6. The van der Waals surface area contributed by atoms with Gasteiger partial charge < -0.3 is 15.0 Å². The van der Waals surface area contributed by atoms with Crippen LogP contribution in [0.3, 0.4) is 0 Å². The topological polar surface area (TPSA) is 99.2 Å². The smallest absolute Gasteiger partial charge is 0.260 e. The second kappa shape index (κ2) is 4.28. The summed E-state index contributed by atoms with van der Waals surface area (Å²) < 4.78 is 33.2. The van der Waals surface area contributed by atoms with Gasteiger partial charge in [-0.2, -0.15) is 0 Å². The predicted octanol–water partition coefficient (Wildman–Crippen LogP) is -0.542. The van der Waals surface area contributed by atoms with Gasteiger partial charge in [-0.1, -0.05) is 0 Å². The van der Waals surface area contributed by atoms with Gasteiger partial charge in [0.25, 0.3) is 10.0 Å². The summed E-state index contributed by atoms with van der Waals surface area (Å²) in [4.78, 5) is 3.76. The number of sulfonamides is 1. The van der Waals surface area contributed by atoms with E-state index in [0.717, 1.165) is 0 Å². The number of hydrogen-bond donors (Lipinski definition) is 2. The van der Waals surface area contributed by atoms with Gasteiger partial charge in [0.05, 0.1) is 12.4 Å². The van der Waals surface area contributed by atoms with E-state index in [1.807, 2.05) is 0 Å². The molecule has 0 amide bonds. The van der Waals surface area contributed by atoms with Crippen LogP contribution in [0.1, 0.15) is 12.8 Å². The molecule has 1 aromatic rings. The van der Waals surface area contributed by atoms with Crippen molar-refractivity contribution in [1.82, 2.24) is 14.3 Å². The first-order valence-electron chi connectivity index (χ1n) is 5.26. The summed E-state index contributed by atoms with van der Waals surface area (Å²) in [5.74, 6) is 0.0163. The Morgan fingerprint density at radius 1 is 1.59 bits per heavy atom. The molecule has 1 aliphatic rings. The third-order valence-corrected chi connectivity index (χ3v) is 4.56. The van der Waals surface area contributed by atoms with Crippen LogP contribution in [0.15, 0.2) is 11.4 Å². The molecule has 0 saturated heterocycles. The Labute approximate surface area is 100 Å². The van der Waals surface area contributed by atoms with Crippen molar-refractivity contribution in [3.8, 4) is 0 Å². The number of nitrogen functional groups attached to an aromatic ring is 1. The zero-order valence-electron chi connectivity index (χ0n) is 9.75. The lowest BCUT2D eigenvalue weighted by Crippen LogP contribution is -2.47. The molecule has 96 valence electrons. The lowest BCUT2D eigenvalue weighted by atomic mass is 9.90. The SMILES string of the molecule is COC1CC(NS(=O)(=O)c2c(N)ncn2C)C1. The van der Waals surface area contributed by atoms with Gasteiger partial charge in [0.1, 0.15) is 0 Å². The fourth-order valence-corrected chi connectivity index (χ4v) is 3.39. The molecule has 3 N–H and O–H groups in total. The maximum absolute atomic E-state index is 12.0. The maximum atomic E-state index is 12.0. The molecule has 1 aliphatic carbocycles. The average molecular weight is 260 g/mol. The summed E-state index contributed by atoms with van der Waals surface area (Å²) in [6.45, 7) is 0. The van der Waals surface area contributed by atoms with E-state index in [1.54, 1.807) is 14.2 Å². The fraction of sp³-hybridized carbons (Fsp3) is 0.667. The van der Waals surface area contributed by atoms with Crippen LogP contribution < -0.4 is 10.5 Å². The minimum absolute atomic E-state index is 0.0124. The van der Waals surface area contributed by atoms with E-state index in [9.17, 15) is 8.42 Å². The molecule has 0 radical (unpaired) electrons. The first-order chi connectivity index (χ1) is 7.94. The Balaban J connectivity index is 2.10. The number of rotatable bonds is 4. The van der Waals surface area contributed by atoms with Crippen molar-refractivity contribution in [1.29, 1.82) is 0 Å². The lowest BCUT2D eigenvalue weighted by molar-refractivity contribution is 0.0236. The number of ether oxygens (including phenoxy) is 1. The summed E-state index contributed by atoms with van der Waals surface area (Å²) >= 11 is 0. The van der Waals surface area contributed by atoms with Gasteiger partial charge in [0.2, 0.25) is 0 Å². The molecule has 0 spiro atoms. The van der Waals surface area contributed by atoms with Crippen LogP contribution in [0.2, 0.25) is 0 Å². The van der Waals surface area contributed by atoms with E-state index >= 15 is 0 Å². The van der Waals surface area contributed by atoms with Gasteiger partial charge in [0, 0.05) is 20.2 Å². The fourth-order valence-electron chi connectivity index (χ4n) is 1.89. The number of hydrogen-bond acceptors (Lipinski definition) is 5. The first kappa shape index (κ1) is 12.3. The number of methoxy groups -OCH3 is 1. The Hall–Kier alpha value is -1.12. The number of nitrogens with one attached hydrogen (secondary N) is 1. The highest BCUT2D eigenvalue weighted by Gasteiger charge is 2.34. The Bertz CT molecular complexity index is 485. The Morgan fingerprint density at radius 2 is 2.24 bits per heavy atom. The molecule has 0 atom stereocenters. The van der Waals surface area contributed by atoms with Crippen molar-refractivity contribution < 1.29 is 13.2 Å². The van der Waals surface area contributed by atoms with E-state index in [4.69, 9.17) is 10.5 Å².